The summed E-state index contributed by atoms with van der Waals surface area (Å²) in [5.41, 5.74) is 4.79. The molecule has 0 unspecified atom stereocenters. The van der Waals surface area contributed by atoms with Crippen LogP contribution in [0.2, 0.25) is 0 Å². The number of pyridine rings is 1. The molecule has 2 heterocycles. The molecule has 0 atom stereocenters. The number of hydrogen-bond donors (Lipinski definition) is 3. The first-order chi connectivity index (χ1) is 9.74. The van der Waals surface area contributed by atoms with Crippen LogP contribution >= 0.6 is 0 Å². The number of nitrogens with two attached hydrogens (primary N) is 1. The molecule has 0 aromatic carbocycles. The highest BCUT2D eigenvalue weighted by Gasteiger charge is 2.08. The third kappa shape index (κ3) is 3.42. The zero-order chi connectivity index (χ0) is 14.4. The molecule has 0 spiro atoms. The Morgan fingerprint density at radius 1 is 1.15 bits per heavy atom. The molecule has 6 heteroatoms. The van der Waals surface area contributed by atoms with Gasteiger partial charge >= 0.3 is 0 Å². The van der Waals surface area contributed by atoms with Crippen molar-refractivity contribution in [2.24, 2.45) is 5.84 Å². The van der Waals surface area contributed by atoms with Crippen LogP contribution in [0.1, 0.15) is 23.9 Å². The number of nitrogen functional groups attached to an aromatic ring is 1. The van der Waals surface area contributed by atoms with Gasteiger partial charge in [0.1, 0.15) is 17.5 Å². The molecule has 0 saturated heterocycles. The molecule has 0 aliphatic heterocycles. The predicted octanol–water partition coefficient (Wildman–Crippen LogP) is 1.68. The Morgan fingerprint density at radius 3 is 2.50 bits per heavy atom. The summed E-state index contributed by atoms with van der Waals surface area (Å²) in [7, 11) is 0. The summed E-state index contributed by atoms with van der Waals surface area (Å²) < 4.78 is 0. The summed E-state index contributed by atoms with van der Waals surface area (Å²) in [5, 5.41) is 3.34. The van der Waals surface area contributed by atoms with Gasteiger partial charge < -0.3 is 10.7 Å². The number of hydrazine groups is 1. The van der Waals surface area contributed by atoms with Crippen molar-refractivity contribution < 1.29 is 0 Å². The fourth-order valence-corrected chi connectivity index (χ4v) is 1.91. The van der Waals surface area contributed by atoms with Gasteiger partial charge in [-0.3, -0.25) is 4.98 Å². The number of hydrogen-bond acceptors (Lipinski definition) is 6. The third-order valence-electron chi connectivity index (χ3n) is 3.10. The first-order valence-electron chi connectivity index (χ1n) is 6.71. The summed E-state index contributed by atoms with van der Waals surface area (Å²) in [6, 6.07) is 4.03. The Balaban J connectivity index is 2.05. The maximum atomic E-state index is 5.49. The van der Waals surface area contributed by atoms with Crippen molar-refractivity contribution in [2.45, 2.75) is 26.7 Å². The van der Waals surface area contributed by atoms with Crippen LogP contribution in [0.4, 0.5) is 11.6 Å². The van der Waals surface area contributed by atoms with Gasteiger partial charge in [-0.05, 0) is 31.0 Å². The molecule has 20 heavy (non-hydrogen) atoms. The van der Waals surface area contributed by atoms with Crippen LogP contribution < -0.4 is 16.6 Å². The lowest BCUT2D eigenvalue weighted by Crippen LogP contribution is -2.15. The SMILES string of the molecule is CCc1nc(NN)c(C)c(NCCc2ccncc2)n1. The summed E-state index contributed by atoms with van der Waals surface area (Å²) in [6.45, 7) is 4.77. The smallest absolute Gasteiger partial charge is 0.148 e. The molecule has 0 aliphatic carbocycles. The number of aromatic nitrogens is 3. The Labute approximate surface area is 118 Å². The van der Waals surface area contributed by atoms with E-state index < -0.39 is 0 Å². The van der Waals surface area contributed by atoms with Gasteiger partial charge in [0.25, 0.3) is 0 Å². The monoisotopic (exact) mass is 272 g/mol. The number of nitrogens with zero attached hydrogens (tertiary/aromatic N) is 3. The van der Waals surface area contributed by atoms with E-state index in [9.17, 15) is 0 Å². The quantitative estimate of drug-likeness (QED) is 0.547. The van der Waals surface area contributed by atoms with Crippen molar-refractivity contribution in [3.05, 3.63) is 41.5 Å². The van der Waals surface area contributed by atoms with Crippen LogP contribution in [0.15, 0.2) is 24.5 Å². The van der Waals surface area contributed by atoms with E-state index in [-0.39, 0.29) is 0 Å². The first-order valence-corrected chi connectivity index (χ1v) is 6.71. The summed E-state index contributed by atoms with van der Waals surface area (Å²) >= 11 is 0. The molecule has 106 valence electrons. The van der Waals surface area contributed by atoms with Crippen molar-refractivity contribution in [2.75, 3.05) is 17.3 Å². The second kappa shape index (κ2) is 6.81. The van der Waals surface area contributed by atoms with Crippen molar-refractivity contribution >= 4 is 11.6 Å². The maximum absolute atomic E-state index is 5.49. The van der Waals surface area contributed by atoms with Crippen LogP contribution in [0.3, 0.4) is 0 Å². The minimum Gasteiger partial charge on any atom is -0.369 e. The molecule has 2 aromatic heterocycles. The highest BCUT2D eigenvalue weighted by Crippen LogP contribution is 2.19. The summed E-state index contributed by atoms with van der Waals surface area (Å²) in [4.78, 5) is 12.8. The van der Waals surface area contributed by atoms with E-state index in [1.165, 1.54) is 5.56 Å². The minimum atomic E-state index is 0.670. The minimum absolute atomic E-state index is 0.670. The van der Waals surface area contributed by atoms with Gasteiger partial charge in [-0.25, -0.2) is 15.8 Å². The average Bonchev–Trinajstić information content (AvgIpc) is 2.50. The Hall–Kier alpha value is -2.21. The molecular formula is C14H20N6. The van der Waals surface area contributed by atoms with Gasteiger partial charge in [0.2, 0.25) is 0 Å². The summed E-state index contributed by atoms with van der Waals surface area (Å²) in [6.07, 6.45) is 5.29. The fraction of sp³-hybridized carbons (Fsp3) is 0.357. The van der Waals surface area contributed by atoms with Gasteiger partial charge in [-0.2, -0.15) is 0 Å². The van der Waals surface area contributed by atoms with Gasteiger partial charge in [-0.1, -0.05) is 6.92 Å². The van der Waals surface area contributed by atoms with E-state index in [1.807, 2.05) is 26.0 Å². The molecule has 6 nitrogen and oxygen atoms in total. The zero-order valence-corrected chi connectivity index (χ0v) is 11.8. The lowest BCUT2D eigenvalue weighted by atomic mass is 10.2. The molecule has 2 rings (SSSR count). The van der Waals surface area contributed by atoms with Crippen LogP contribution in [0, 0.1) is 6.92 Å². The van der Waals surface area contributed by atoms with Crippen LogP contribution in [-0.4, -0.2) is 21.5 Å². The Morgan fingerprint density at radius 2 is 1.85 bits per heavy atom. The molecule has 2 aromatic rings. The van der Waals surface area contributed by atoms with Crippen molar-refractivity contribution in [1.29, 1.82) is 0 Å². The highest BCUT2D eigenvalue weighted by molar-refractivity contribution is 5.56. The van der Waals surface area contributed by atoms with Gasteiger partial charge in [0, 0.05) is 30.9 Å². The Kier molecular flexibility index (Phi) is 4.84. The molecular weight excluding hydrogens is 252 g/mol. The van der Waals surface area contributed by atoms with Gasteiger partial charge in [-0.15, -0.1) is 0 Å². The number of rotatable bonds is 6. The van der Waals surface area contributed by atoms with Crippen molar-refractivity contribution in [1.82, 2.24) is 15.0 Å². The molecule has 0 aliphatic rings. The zero-order valence-electron chi connectivity index (χ0n) is 11.8. The lowest BCUT2D eigenvalue weighted by molar-refractivity contribution is 0.913. The van der Waals surface area contributed by atoms with E-state index in [0.29, 0.717) is 5.82 Å². The van der Waals surface area contributed by atoms with E-state index in [0.717, 1.165) is 36.6 Å². The first kappa shape index (κ1) is 14.2. The van der Waals surface area contributed by atoms with Crippen LogP contribution in [0.5, 0.6) is 0 Å². The molecule has 0 radical (unpaired) electrons. The second-order valence-corrected chi connectivity index (χ2v) is 4.49. The molecule has 0 fully saturated rings. The molecule has 0 amide bonds. The van der Waals surface area contributed by atoms with Gasteiger partial charge in [0.15, 0.2) is 0 Å². The van der Waals surface area contributed by atoms with Crippen LogP contribution in [0.25, 0.3) is 0 Å². The van der Waals surface area contributed by atoms with E-state index in [2.05, 4.69) is 25.7 Å². The average molecular weight is 272 g/mol. The normalized spacial score (nSPS) is 10.3. The fourth-order valence-electron chi connectivity index (χ4n) is 1.91. The topological polar surface area (TPSA) is 88.8 Å². The third-order valence-corrected chi connectivity index (χ3v) is 3.10. The van der Waals surface area contributed by atoms with E-state index >= 15 is 0 Å². The second-order valence-electron chi connectivity index (χ2n) is 4.49. The number of anilines is 2. The molecule has 4 N–H and O–H groups in total. The number of aryl methyl sites for hydroxylation is 1. The van der Waals surface area contributed by atoms with E-state index in [1.54, 1.807) is 12.4 Å². The van der Waals surface area contributed by atoms with Crippen molar-refractivity contribution in [3.8, 4) is 0 Å². The lowest BCUT2D eigenvalue weighted by Gasteiger charge is -2.13. The Bertz CT molecular complexity index is 555. The van der Waals surface area contributed by atoms with Gasteiger partial charge in [0.05, 0.1) is 0 Å². The molecule has 0 saturated carbocycles. The van der Waals surface area contributed by atoms with Crippen LogP contribution in [-0.2, 0) is 12.8 Å². The number of nitrogens with one attached hydrogen (secondary N) is 2. The summed E-state index contributed by atoms with van der Waals surface area (Å²) in [5.74, 6) is 7.76. The largest absolute Gasteiger partial charge is 0.369 e. The van der Waals surface area contributed by atoms with Crippen molar-refractivity contribution in [3.63, 3.8) is 0 Å². The van der Waals surface area contributed by atoms with E-state index in [4.69, 9.17) is 5.84 Å². The predicted molar refractivity (Wildman–Crippen MR) is 80.4 cm³/mol. The molecule has 0 bridgehead atoms. The standard InChI is InChI=1S/C14H20N6/c1-3-12-18-13(10(2)14(19-12)20-15)17-9-6-11-4-7-16-8-5-11/h4-5,7-8H,3,6,9,15H2,1-2H3,(H2,17,18,19,20). The highest BCUT2D eigenvalue weighted by atomic mass is 15.3. The maximum Gasteiger partial charge on any atom is 0.148 e.